The first kappa shape index (κ1) is 16.9. The van der Waals surface area contributed by atoms with E-state index in [0.29, 0.717) is 28.4 Å². The fourth-order valence-electron chi connectivity index (χ4n) is 2.27. The van der Waals surface area contributed by atoms with Crippen molar-refractivity contribution in [1.29, 1.82) is 0 Å². The zero-order valence-corrected chi connectivity index (χ0v) is 15.0. The normalized spacial score (nSPS) is 10.4. The summed E-state index contributed by atoms with van der Waals surface area (Å²) in [5.74, 6) is 0.798. The molecular weight excluding hydrogens is 390 g/mol. The molecule has 1 heterocycles. The highest BCUT2D eigenvalue weighted by atomic mass is 79.9. The molecule has 8 nitrogen and oxygen atoms in total. The average Bonchev–Trinajstić information content (AvgIpc) is 3.16. The van der Waals surface area contributed by atoms with Gasteiger partial charge in [0.25, 0.3) is 5.91 Å². The van der Waals surface area contributed by atoms with E-state index in [2.05, 4.69) is 36.8 Å². The Balaban J connectivity index is 1.93. The van der Waals surface area contributed by atoms with Crippen LogP contribution < -0.4 is 14.8 Å². The Bertz CT molecular complexity index is 899. The Hall–Kier alpha value is -2.94. The molecule has 0 aliphatic heterocycles. The molecule has 0 saturated carbocycles. The van der Waals surface area contributed by atoms with Gasteiger partial charge in [0.2, 0.25) is 0 Å². The minimum Gasteiger partial charge on any atom is -0.493 e. The molecule has 25 heavy (non-hydrogen) atoms. The lowest BCUT2D eigenvalue weighted by atomic mass is 10.1. The van der Waals surface area contributed by atoms with Crippen molar-refractivity contribution in [3.63, 3.8) is 0 Å². The molecule has 128 valence electrons. The van der Waals surface area contributed by atoms with Crippen LogP contribution in [0.15, 0.2) is 47.2 Å². The Morgan fingerprint density at radius 1 is 1.12 bits per heavy atom. The van der Waals surface area contributed by atoms with Gasteiger partial charge in [-0.05, 0) is 40.8 Å². The lowest BCUT2D eigenvalue weighted by Crippen LogP contribution is -2.15. The first-order valence-corrected chi connectivity index (χ1v) is 7.98. The van der Waals surface area contributed by atoms with Gasteiger partial charge < -0.3 is 14.8 Å². The lowest BCUT2D eigenvalue weighted by Gasteiger charge is -2.12. The molecule has 9 heteroatoms. The highest BCUT2D eigenvalue weighted by Crippen LogP contribution is 2.30. The van der Waals surface area contributed by atoms with E-state index >= 15 is 0 Å². The number of anilines is 1. The summed E-state index contributed by atoms with van der Waals surface area (Å²) < 4.78 is 12.6. The average molecular weight is 404 g/mol. The SMILES string of the molecule is COc1ccc(NC(=O)c2cc(Br)ccc2-n2cnnn2)cc1OC. The molecule has 0 fully saturated rings. The van der Waals surface area contributed by atoms with Crippen molar-refractivity contribution in [2.45, 2.75) is 0 Å². The van der Waals surface area contributed by atoms with Gasteiger partial charge in [-0.3, -0.25) is 4.79 Å². The highest BCUT2D eigenvalue weighted by Gasteiger charge is 2.16. The van der Waals surface area contributed by atoms with Crippen LogP contribution in [0.2, 0.25) is 0 Å². The number of carbonyl (C=O) groups is 1. The highest BCUT2D eigenvalue weighted by molar-refractivity contribution is 9.10. The van der Waals surface area contributed by atoms with Gasteiger partial charge in [0, 0.05) is 16.2 Å². The molecule has 1 amide bonds. The van der Waals surface area contributed by atoms with Crippen LogP contribution in [0.25, 0.3) is 5.69 Å². The first-order valence-electron chi connectivity index (χ1n) is 7.18. The van der Waals surface area contributed by atoms with E-state index in [1.807, 2.05) is 6.07 Å². The molecule has 0 bridgehead atoms. The predicted octanol–water partition coefficient (Wildman–Crippen LogP) is 2.69. The monoisotopic (exact) mass is 403 g/mol. The number of nitrogens with one attached hydrogen (secondary N) is 1. The van der Waals surface area contributed by atoms with Crippen molar-refractivity contribution in [3.8, 4) is 17.2 Å². The van der Waals surface area contributed by atoms with Crippen LogP contribution in [0.1, 0.15) is 10.4 Å². The van der Waals surface area contributed by atoms with E-state index in [1.165, 1.54) is 18.1 Å². The second-order valence-electron chi connectivity index (χ2n) is 4.94. The summed E-state index contributed by atoms with van der Waals surface area (Å²) >= 11 is 3.38. The van der Waals surface area contributed by atoms with Crippen molar-refractivity contribution in [2.24, 2.45) is 0 Å². The molecule has 3 rings (SSSR count). The van der Waals surface area contributed by atoms with Gasteiger partial charge in [-0.1, -0.05) is 15.9 Å². The zero-order valence-electron chi connectivity index (χ0n) is 13.4. The number of aromatic nitrogens is 4. The lowest BCUT2D eigenvalue weighted by molar-refractivity contribution is 0.102. The Labute approximate surface area is 151 Å². The molecule has 0 atom stereocenters. The predicted molar refractivity (Wildman–Crippen MR) is 94.4 cm³/mol. The third kappa shape index (κ3) is 3.61. The van der Waals surface area contributed by atoms with E-state index < -0.39 is 0 Å². The summed E-state index contributed by atoms with van der Waals surface area (Å²) in [6.45, 7) is 0. The minimum absolute atomic E-state index is 0.306. The molecule has 0 radical (unpaired) electrons. The van der Waals surface area contributed by atoms with Crippen molar-refractivity contribution in [3.05, 3.63) is 52.8 Å². The van der Waals surface area contributed by atoms with E-state index in [4.69, 9.17) is 9.47 Å². The van der Waals surface area contributed by atoms with Crippen molar-refractivity contribution in [2.75, 3.05) is 19.5 Å². The fourth-order valence-corrected chi connectivity index (χ4v) is 2.64. The van der Waals surface area contributed by atoms with Gasteiger partial charge in [0.1, 0.15) is 6.33 Å². The Morgan fingerprint density at radius 2 is 1.92 bits per heavy atom. The van der Waals surface area contributed by atoms with Crippen LogP contribution in [-0.2, 0) is 0 Å². The number of hydrogen-bond donors (Lipinski definition) is 1. The van der Waals surface area contributed by atoms with E-state index in [-0.39, 0.29) is 5.91 Å². The Kier molecular flexibility index (Phi) is 4.94. The van der Waals surface area contributed by atoms with Crippen LogP contribution in [0, 0.1) is 0 Å². The van der Waals surface area contributed by atoms with E-state index in [1.54, 1.807) is 37.4 Å². The van der Waals surface area contributed by atoms with Crippen LogP contribution in [0.3, 0.4) is 0 Å². The number of ether oxygens (including phenoxy) is 2. The quantitative estimate of drug-likeness (QED) is 0.703. The van der Waals surface area contributed by atoms with Crippen LogP contribution in [-0.4, -0.2) is 40.3 Å². The number of halogens is 1. The van der Waals surface area contributed by atoms with Gasteiger partial charge in [-0.15, -0.1) is 5.10 Å². The summed E-state index contributed by atoms with van der Waals surface area (Å²) in [5, 5.41) is 13.9. The van der Waals surface area contributed by atoms with Gasteiger partial charge >= 0.3 is 0 Å². The molecule has 0 saturated heterocycles. The molecule has 0 unspecified atom stereocenters. The number of nitrogens with zero attached hydrogens (tertiary/aromatic N) is 4. The largest absolute Gasteiger partial charge is 0.493 e. The molecular formula is C16H14BrN5O3. The zero-order chi connectivity index (χ0) is 17.8. The summed E-state index contributed by atoms with van der Waals surface area (Å²) in [6.07, 6.45) is 1.43. The van der Waals surface area contributed by atoms with Gasteiger partial charge in [0.05, 0.1) is 25.5 Å². The van der Waals surface area contributed by atoms with Crippen molar-refractivity contribution in [1.82, 2.24) is 20.2 Å². The van der Waals surface area contributed by atoms with Crippen LogP contribution >= 0.6 is 15.9 Å². The summed E-state index contributed by atoms with van der Waals surface area (Å²) in [6, 6.07) is 10.4. The maximum absolute atomic E-state index is 12.8. The van der Waals surface area contributed by atoms with Crippen LogP contribution in [0.5, 0.6) is 11.5 Å². The number of amides is 1. The smallest absolute Gasteiger partial charge is 0.257 e. The second kappa shape index (κ2) is 7.31. The molecule has 2 aromatic carbocycles. The van der Waals surface area contributed by atoms with Crippen LogP contribution in [0.4, 0.5) is 5.69 Å². The molecule has 1 N–H and O–H groups in total. The van der Waals surface area contributed by atoms with Crippen molar-refractivity contribution >= 4 is 27.5 Å². The third-order valence-electron chi connectivity index (χ3n) is 3.44. The number of benzene rings is 2. The minimum atomic E-state index is -0.306. The first-order chi connectivity index (χ1) is 12.1. The second-order valence-corrected chi connectivity index (χ2v) is 5.86. The molecule has 0 spiro atoms. The van der Waals surface area contributed by atoms with E-state index in [9.17, 15) is 4.79 Å². The number of tetrazole rings is 1. The number of rotatable bonds is 5. The third-order valence-corrected chi connectivity index (χ3v) is 3.93. The molecule has 0 aliphatic rings. The summed E-state index contributed by atoms with van der Waals surface area (Å²) in [4.78, 5) is 12.8. The maximum atomic E-state index is 12.8. The molecule has 0 aliphatic carbocycles. The number of methoxy groups -OCH3 is 2. The fraction of sp³-hybridized carbons (Fsp3) is 0.125. The maximum Gasteiger partial charge on any atom is 0.257 e. The molecule has 3 aromatic rings. The van der Waals surface area contributed by atoms with Gasteiger partial charge in [-0.2, -0.15) is 4.68 Å². The summed E-state index contributed by atoms with van der Waals surface area (Å²) in [7, 11) is 3.09. The standard InChI is InChI=1S/C16H14BrN5O3/c1-24-14-6-4-11(8-15(14)25-2)19-16(23)12-7-10(17)3-5-13(12)22-9-18-20-21-22/h3-9H,1-2H3,(H,19,23). The van der Waals surface area contributed by atoms with Gasteiger partial charge in [0.15, 0.2) is 11.5 Å². The number of carbonyl (C=O) groups excluding carboxylic acids is 1. The summed E-state index contributed by atoms with van der Waals surface area (Å²) in [5.41, 5.74) is 1.55. The topological polar surface area (TPSA) is 91.2 Å². The Morgan fingerprint density at radius 3 is 2.60 bits per heavy atom. The van der Waals surface area contributed by atoms with E-state index in [0.717, 1.165) is 4.47 Å². The van der Waals surface area contributed by atoms with Gasteiger partial charge in [-0.25, -0.2) is 0 Å². The van der Waals surface area contributed by atoms with Crippen molar-refractivity contribution < 1.29 is 14.3 Å². The number of hydrogen-bond acceptors (Lipinski definition) is 6. The molecule has 1 aromatic heterocycles.